The molecule has 1 spiro atoms. The first-order valence-corrected chi connectivity index (χ1v) is 50.6. The molecule has 0 saturated carbocycles. The molecule has 0 fully saturated rings. The fraction of sp³-hybridized carbons (Fsp3) is 0.102. The quantitative estimate of drug-likeness (QED) is 0.125. The molecule has 3 aromatic heterocycles. The fourth-order valence-corrected chi connectivity index (χ4v) is 25.5. The highest BCUT2D eigenvalue weighted by Crippen LogP contribution is 2.66. The molecule has 3 heterocycles. The van der Waals surface area contributed by atoms with Crippen LogP contribution in [0.4, 0.5) is 0 Å². The van der Waals surface area contributed by atoms with E-state index in [9.17, 15) is 0 Å². The lowest BCUT2D eigenvalue weighted by atomic mass is 9.67. The summed E-state index contributed by atoms with van der Waals surface area (Å²) in [7, 11) is 0. The third-order valence-electron chi connectivity index (χ3n) is 32.4. The molecule has 22 aromatic rings. The van der Waals surface area contributed by atoms with Crippen LogP contribution in [-0.4, -0.2) is 44.9 Å². The Hall–Kier alpha value is -17.8. The Kier molecular flexibility index (Phi) is 20.0. The molecular formula is C137H99N9. The van der Waals surface area contributed by atoms with Gasteiger partial charge >= 0.3 is 0 Å². The monoisotopic (exact) mass is 1870 g/mol. The molecule has 0 radical (unpaired) electrons. The third-order valence-corrected chi connectivity index (χ3v) is 32.4. The zero-order valence-electron chi connectivity index (χ0n) is 82.3. The number of aromatic nitrogens is 9. The molecule has 29 rings (SSSR count). The Morgan fingerprint density at radius 1 is 0.123 bits per heavy atom. The molecule has 7 aliphatic carbocycles. The van der Waals surface area contributed by atoms with Crippen LogP contribution in [0.1, 0.15) is 144 Å². The molecule has 9 nitrogen and oxygen atoms in total. The maximum Gasteiger partial charge on any atom is 0.164 e. The SMILES string of the molecule is CC1(C)c2ccccc2-c2ccc(-c3nc(-c4ccccc4)nc(-c4cccc5c4-c4ccccc4C5(C)C)n3)cc21.CC1(C)c2ccccc2-c2ccc(-c3nc(-c4ccccc4)nc(-c4cccc5c4-c4ccccc4C5(c4ccccc4)c4ccccc4)n3)cc21.CC1(C)c2ccccc2-c2ccc(-c3nc(-c4ccccc4)nc(-c4cccc5c4-c4ccccc4C54c5ccccc5-c5ccccc54)n3)cc21. The van der Waals surface area contributed by atoms with Crippen molar-refractivity contribution in [2.24, 2.45) is 0 Å². The van der Waals surface area contributed by atoms with Gasteiger partial charge in [-0.3, -0.25) is 0 Å². The van der Waals surface area contributed by atoms with Crippen molar-refractivity contribution in [3.63, 3.8) is 0 Å². The first kappa shape index (κ1) is 87.2. The first-order valence-electron chi connectivity index (χ1n) is 50.6. The number of hydrogen-bond donors (Lipinski definition) is 0. The van der Waals surface area contributed by atoms with Gasteiger partial charge in [-0.15, -0.1) is 0 Å². The van der Waals surface area contributed by atoms with Crippen molar-refractivity contribution >= 4 is 0 Å². The van der Waals surface area contributed by atoms with E-state index >= 15 is 0 Å². The minimum atomic E-state index is -0.511. The second-order valence-electron chi connectivity index (χ2n) is 41.6. The van der Waals surface area contributed by atoms with E-state index in [-0.39, 0.29) is 21.7 Å². The van der Waals surface area contributed by atoms with Gasteiger partial charge in [-0.05, 0) is 185 Å². The van der Waals surface area contributed by atoms with Crippen LogP contribution in [0.2, 0.25) is 0 Å². The molecule has 0 N–H and O–H groups in total. The largest absolute Gasteiger partial charge is 0.208 e. The Balaban J connectivity index is 0.000000109. The van der Waals surface area contributed by atoms with Gasteiger partial charge in [0.25, 0.3) is 0 Å². The van der Waals surface area contributed by atoms with Gasteiger partial charge in [0.05, 0.1) is 10.8 Å². The minimum absolute atomic E-state index is 0.0966. The maximum absolute atomic E-state index is 5.35. The van der Waals surface area contributed by atoms with Crippen LogP contribution >= 0.6 is 0 Å². The van der Waals surface area contributed by atoms with Crippen molar-refractivity contribution in [1.82, 2.24) is 44.9 Å². The summed E-state index contributed by atoms with van der Waals surface area (Å²) in [5.74, 6) is 6.08. The van der Waals surface area contributed by atoms with Gasteiger partial charge in [-0.25, -0.2) is 44.9 Å². The average molecular weight is 1870 g/mol. The number of rotatable bonds is 11. The Morgan fingerprint density at radius 3 is 0.637 bits per heavy atom. The molecule has 0 atom stereocenters. The van der Waals surface area contributed by atoms with Gasteiger partial charge in [0.15, 0.2) is 52.4 Å². The number of benzene rings is 19. The molecule has 19 aromatic carbocycles. The molecule has 0 amide bonds. The summed E-state index contributed by atoms with van der Waals surface area (Å²) >= 11 is 0. The van der Waals surface area contributed by atoms with Gasteiger partial charge in [-0.2, -0.15) is 0 Å². The topological polar surface area (TPSA) is 116 Å². The second kappa shape index (κ2) is 33.4. The zero-order valence-corrected chi connectivity index (χ0v) is 82.3. The highest BCUT2D eigenvalue weighted by atomic mass is 15.1. The summed E-state index contributed by atoms with van der Waals surface area (Å²) in [5.41, 5.74) is 45.8. The summed E-state index contributed by atoms with van der Waals surface area (Å²) in [6.07, 6.45) is 0. The number of fused-ring (bicyclic) bond motifs is 25. The molecule has 0 unspecified atom stereocenters. The van der Waals surface area contributed by atoms with Gasteiger partial charge in [0, 0.05) is 71.7 Å². The van der Waals surface area contributed by atoms with Gasteiger partial charge in [-0.1, -0.05) is 492 Å². The van der Waals surface area contributed by atoms with E-state index in [0.717, 1.165) is 55.6 Å². The van der Waals surface area contributed by atoms with Crippen LogP contribution < -0.4 is 0 Å². The minimum Gasteiger partial charge on any atom is -0.208 e. The molecule has 692 valence electrons. The normalized spacial score (nSPS) is 14.6. The van der Waals surface area contributed by atoms with Crippen molar-refractivity contribution in [2.45, 2.75) is 87.9 Å². The molecular weight excluding hydrogens is 1770 g/mol. The van der Waals surface area contributed by atoms with E-state index in [1.165, 1.54) is 161 Å². The summed E-state index contributed by atoms with van der Waals surface area (Å²) in [4.78, 5) is 46.9. The third kappa shape index (κ3) is 13.2. The van der Waals surface area contributed by atoms with Gasteiger partial charge in [0.2, 0.25) is 0 Å². The molecule has 0 bridgehead atoms. The van der Waals surface area contributed by atoms with E-state index in [1.807, 2.05) is 54.6 Å². The van der Waals surface area contributed by atoms with Gasteiger partial charge < -0.3 is 0 Å². The van der Waals surface area contributed by atoms with E-state index in [4.69, 9.17) is 44.9 Å². The Morgan fingerprint density at radius 2 is 0.315 bits per heavy atom. The van der Waals surface area contributed by atoms with Crippen molar-refractivity contribution in [2.75, 3.05) is 0 Å². The van der Waals surface area contributed by atoms with Crippen LogP contribution in [0.15, 0.2) is 455 Å². The van der Waals surface area contributed by atoms with Crippen LogP contribution in [-0.2, 0) is 32.5 Å². The van der Waals surface area contributed by atoms with Crippen molar-refractivity contribution in [3.8, 4) is 180 Å². The van der Waals surface area contributed by atoms with Crippen LogP contribution in [0.5, 0.6) is 0 Å². The average Bonchev–Trinajstić information content (AvgIpc) is 1.46. The Bertz CT molecular complexity index is 8740. The van der Waals surface area contributed by atoms with Crippen LogP contribution in [0, 0.1) is 0 Å². The van der Waals surface area contributed by atoms with Gasteiger partial charge in [0.1, 0.15) is 0 Å². The first-order chi connectivity index (χ1) is 71.4. The Labute approximate surface area is 851 Å². The lowest BCUT2D eigenvalue weighted by Gasteiger charge is -2.33. The van der Waals surface area contributed by atoms with Crippen molar-refractivity contribution in [1.29, 1.82) is 0 Å². The summed E-state index contributed by atoms with van der Waals surface area (Å²) in [6, 6.07) is 163. The molecule has 9 heteroatoms. The smallest absolute Gasteiger partial charge is 0.164 e. The predicted octanol–water partition coefficient (Wildman–Crippen LogP) is 32.5. The summed E-state index contributed by atoms with van der Waals surface area (Å²) < 4.78 is 0. The second-order valence-corrected chi connectivity index (χ2v) is 41.6. The number of hydrogen-bond acceptors (Lipinski definition) is 9. The van der Waals surface area contributed by atoms with E-state index in [1.54, 1.807) is 0 Å². The molecule has 7 aliphatic rings. The molecule has 0 saturated heterocycles. The highest BCUT2D eigenvalue weighted by Gasteiger charge is 2.54. The zero-order chi connectivity index (χ0) is 98.1. The lowest BCUT2D eigenvalue weighted by molar-refractivity contribution is 0.660. The van der Waals surface area contributed by atoms with Crippen molar-refractivity contribution < 1.29 is 0 Å². The van der Waals surface area contributed by atoms with Crippen molar-refractivity contribution in [3.05, 3.63) is 544 Å². The summed E-state index contributed by atoms with van der Waals surface area (Å²) in [5, 5.41) is 0. The predicted molar refractivity (Wildman–Crippen MR) is 592 cm³/mol. The van der Waals surface area contributed by atoms with E-state index < -0.39 is 10.8 Å². The highest BCUT2D eigenvalue weighted by molar-refractivity contribution is 6.01. The van der Waals surface area contributed by atoms with Crippen LogP contribution in [0.25, 0.3) is 180 Å². The molecule has 146 heavy (non-hydrogen) atoms. The fourth-order valence-electron chi connectivity index (χ4n) is 25.5. The van der Waals surface area contributed by atoms with E-state index in [2.05, 4.69) is 456 Å². The van der Waals surface area contributed by atoms with Crippen LogP contribution in [0.3, 0.4) is 0 Å². The lowest BCUT2D eigenvalue weighted by Crippen LogP contribution is -2.28. The molecule has 0 aliphatic heterocycles. The summed E-state index contributed by atoms with van der Waals surface area (Å²) in [6.45, 7) is 18.5. The maximum atomic E-state index is 5.35. The standard InChI is InChI=1S/C49H33N3.C49H35N3.C39H31N3/c1-48(2)38-22-10-6-17-32(38)35-28-27-31(29-43(35)48)46-50-45(30-15-4-3-5-16-30)51-47(52-46)37-21-14-26-42-44(37)36-20-9-13-25-41(36)49(42)39-23-11-7-18-33(39)34-19-8-12-24-40(34)49;1-48(2)40-26-14-12-23-36(40)37-30-29-33(31-43(37)48)46-50-45(32-17-6-3-7-18-32)51-47(52-46)39-25-16-28-42-44(39)38-24-13-15-27-41(38)49(42,34-19-8-4-9-20-34)35-21-10-5-11-22-35;1-38(2)31-19-11-9-16-28(31)34-29(17-12-20-32(34)38)37-41-35(24-13-6-5-7-14-24)40-36(42-37)25-21-22-27-26-15-8-10-18-30(26)39(3,4)33(27)23-25/h3-29H,1-2H3;3-31H,1-2H3;5-23H,1-4H3. The number of nitrogens with zero attached hydrogens (tertiary/aromatic N) is 9. The van der Waals surface area contributed by atoms with E-state index in [0.29, 0.717) is 52.4 Å².